The lowest BCUT2D eigenvalue weighted by atomic mass is 10.2. The van der Waals surface area contributed by atoms with Crippen molar-refractivity contribution in [3.8, 4) is 6.07 Å². The van der Waals surface area contributed by atoms with Crippen molar-refractivity contribution in [1.82, 2.24) is 4.90 Å². The van der Waals surface area contributed by atoms with Gasteiger partial charge in [0.2, 0.25) is 5.91 Å². The number of nitrogens with zero attached hydrogens (tertiary/aromatic N) is 2. The number of carbonyl (C=O) groups excluding carboxylic acids is 1. The number of unbranched alkanes of at least 4 members (excludes halogenated alkanes) is 1. The first kappa shape index (κ1) is 14.6. The second kappa shape index (κ2) is 8.60. The zero-order valence-corrected chi connectivity index (χ0v) is 11.4. The molecule has 0 radical (unpaired) electrons. The molecule has 0 atom stereocenters. The molecule has 0 saturated carbocycles. The quantitative estimate of drug-likeness (QED) is 0.710. The molecule has 0 bridgehead atoms. The molecule has 0 spiro atoms. The van der Waals surface area contributed by atoms with Crippen LogP contribution in [-0.4, -0.2) is 29.4 Å². The topological polar surface area (TPSA) is 44.1 Å². The Morgan fingerprint density at radius 2 is 2.11 bits per heavy atom. The highest BCUT2D eigenvalue weighted by Gasteiger charge is 2.08. The summed E-state index contributed by atoms with van der Waals surface area (Å²) >= 11 is 1.60. The van der Waals surface area contributed by atoms with Gasteiger partial charge in [0.25, 0.3) is 0 Å². The summed E-state index contributed by atoms with van der Waals surface area (Å²) in [6.07, 6.45) is 1.43. The number of thioether (sulfide) groups is 1. The first-order valence-electron chi connectivity index (χ1n) is 5.96. The molecule has 0 N–H and O–H groups in total. The Labute approximate surface area is 113 Å². The van der Waals surface area contributed by atoms with Gasteiger partial charge in [0, 0.05) is 20.0 Å². The van der Waals surface area contributed by atoms with E-state index in [1.807, 2.05) is 37.4 Å². The summed E-state index contributed by atoms with van der Waals surface area (Å²) in [5.41, 5.74) is 1.14. The lowest BCUT2D eigenvalue weighted by molar-refractivity contribution is -0.127. The first-order valence-corrected chi connectivity index (χ1v) is 7.12. The lowest BCUT2D eigenvalue weighted by Crippen LogP contribution is -2.27. The van der Waals surface area contributed by atoms with Crippen LogP contribution < -0.4 is 0 Å². The largest absolute Gasteiger partial charge is 0.341 e. The minimum Gasteiger partial charge on any atom is -0.341 e. The van der Waals surface area contributed by atoms with E-state index in [2.05, 4.69) is 6.07 Å². The second-order valence-corrected chi connectivity index (χ2v) is 5.15. The van der Waals surface area contributed by atoms with Gasteiger partial charge < -0.3 is 4.90 Å². The second-order valence-electron chi connectivity index (χ2n) is 4.05. The molecule has 0 aliphatic rings. The third-order valence-electron chi connectivity index (χ3n) is 2.49. The van der Waals surface area contributed by atoms with Crippen LogP contribution in [0.5, 0.6) is 0 Å². The molecule has 1 aromatic carbocycles. The van der Waals surface area contributed by atoms with Crippen molar-refractivity contribution in [3.05, 3.63) is 35.9 Å². The highest BCUT2D eigenvalue weighted by Crippen LogP contribution is 2.08. The van der Waals surface area contributed by atoms with Gasteiger partial charge >= 0.3 is 0 Å². The maximum Gasteiger partial charge on any atom is 0.232 e. The molecule has 4 heteroatoms. The maximum atomic E-state index is 11.8. The molecule has 1 rings (SSSR count). The Morgan fingerprint density at radius 1 is 1.39 bits per heavy atom. The van der Waals surface area contributed by atoms with E-state index in [-0.39, 0.29) is 5.91 Å². The molecule has 0 heterocycles. The Morgan fingerprint density at radius 3 is 2.78 bits per heavy atom. The summed E-state index contributed by atoms with van der Waals surface area (Å²) in [7, 11) is 1.82. The number of amides is 1. The molecule has 1 aromatic rings. The average Bonchev–Trinajstić information content (AvgIpc) is 2.39. The highest BCUT2D eigenvalue weighted by atomic mass is 32.2. The number of nitriles is 1. The van der Waals surface area contributed by atoms with Crippen LogP contribution in [0.2, 0.25) is 0 Å². The summed E-state index contributed by atoms with van der Waals surface area (Å²) in [6, 6.07) is 12.1. The van der Waals surface area contributed by atoms with E-state index in [4.69, 9.17) is 5.26 Å². The van der Waals surface area contributed by atoms with E-state index >= 15 is 0 Å². The standard InChI is InChI=1S/C14H18N2OS/c1-16(11-13-7-3-2-4-8-13)14(17)12-18-10-6-5-9-15/h2-4,7-8H,5-6,10-12H2,1H3. The Balaban J connectivity index is 2.23. The summed E-state index contributed by atoms with van der Waals surface area (Å²) in [4.78, 5) is 13.6. The van der Waals surface area contributed by atoms with E-state index in [1.165, 1.54) is 0 Å². The molecule has 0 aliphatic carbocycles. The monoisotopic (exact) mass is 262 g/mol. The Hall–Kier alpha value is -1.47. The van der Waals surface area contributed by atoms with Crippen molar-refractivity contribution in [2.24, 2.45) is 0 Å². The Kier molecular flexibility index (Phi) is 6.97. The molecule has 0 unspecified atom stereocenters. The van der Waals surface area contributed by atoms with Crippen molar-refractivity contribution < 1.29 is 4.79 Å². The fraction of sp³-hybridized carbons (Fsp3) is 0.429. The molecule has 0 fully saturated rings. The van der Waals surface area contributed by atoms with Crippen LogP contribution >= 0.6 is 11.8 Å². The van der Waals surface area contributed by atoms with E-state index in [9.17, 15) is 4.79 Å². The highest BCUT2D eigenvalue weighted by molar-refractivity contribution is 7.99. The molecular weight excluding hydrogens is 244 g/mol. The average molecular weight is 262 g/mol. The first-order chi connectivity index (χ1) is 8.74. The van der Waals surface area contributed by atoms with Crippen LogP contribution in [0.3, 0.4) is 0 Å². The van der Waals surface area contributed by atoms with E-state index in [1.54, 1.807) is 16.7 Å². The van der Waals surface area contributed by atoms with Crippen LogP contribution in [0.1, 0.15) is 18.4 Å². The SMILES string of the molecule is CN(Cc1ccccc1)C(=O)CSCCCC#N. The fourth-order valence-corrected chi connectivity index (χ4v) is 2.36. The summed E-state index contributed by atoms with van der Waals surface area (Å²) in [5, 5.41) is 8.39. The van der Waals surface area contributed by atoms with E-state index < -0.39 is 0 Å². The third kappa shape index (κ3) is 5.74. The van der Waals surface area contributed by atoms with Gasteiger partial charge in [-0.2, -0.15) is 17.0 Å². The van der Waals surface area contributed by atoms with Crippen LogP contribution in [0, 0.1) is 11.3 Å². The zero-order chi connectivity index (χ0) is 13.2. The van der Waals surface area contributed by atoms with Gasteiger partial charge in [0.05, 0.1) is 11.8 Å². The third-order valence-corrected chi connectivity index (χ3v) is 3.52. The molecule has 1 amide bonds. The zero-order valence-electron chi connectivity index (χ0n) is 10.6. The predicted molar refractivity (Wildman–Crippen MR) is 75.1 cm³/mol. The molecule has 3 nitrogen and oxygen atoms in total. The number of hydrogen-bond donors (Lipinski definition) is 0. The molecular formula is C14H18N2OS. The van der Waals surface area contributed by atoms with Crippen molar-refractivity contribution >= 4 is 17.7 Å². The predicted octanol–water partition coefficient (Wildman–Crippen LogP) is 2.68. The number of carbonyl (C=O) groups is 1. The van der Waals surface area contributed by atoms with E-state index in [0.717, 1.165) is 17.7 Å². The van der Waals surface area contributed by atoms with Crippen LogP contribution in [0.15, 0.2) is 30.3 Å². The summed E-state index contributed by atoms with van der Waals surface area (Å²) in [6.45, 7) is 0.651. The molecule has 0 aromatic heterocycles. The summed E-state index contributed by atoms with van der Waals surface area (Å²) in [5.74, 6) is 1.51. The van der Waals surface area contributed by atoms with Crippen LogP contribution in [0.25, 0.3) is 0 Å². The van der Waals surface area contributed by atoms with Crippen LogP contribution in [0.4, 0.5) is 0 Å². The summed E-state index contributed by atoms with van der Waals surface area (Å²) < 4.78 is 0. The molecule has 96 valence electrons. The smallest absolute Gasteiger partial charge is 0.232 e. The van der Waals surface area contributed by atoms with Crippen molar-refractivity contribution in [3.63, 3.8) is 0 Å². The molecule has 0 aliphatic heterocycles. The minimum absolute atomic E-state index is 0.140. The number of rotatable bonds is 7. The van der Waals surface area contributed by atoms with Gasteiger partial charge in [0.15, 0.2) is 0 Å². The Bertz CT molecular complexity index is 400. The van der Waals surface area contributed by atoms with Gasteiger partial charge in [-0.1, -0.05) is 30.3 Å². The van der Waals surface area contributed by atoms with Gasteiger partial charge in [-0.25, -0.2) is 0 Å². The van der Waals surface area contributed by atoms with Crippen molar-refractivity contribution in [2.45, 2.75) is 19.4 Å². The van der Waals surface area contributed by atoms with Crippen LogP contribution in [-0.2, 0) is 11.3 Å². The fourth-order valence-electron chi connectivity index (χ4n) is 1.47. The molecule has 0 saturated heterocycles. The van der Waals surface area contributed by atoms with Gasteiger partial charge in [-0.3, -0.25) is 4.79 Å². The van der Waals surface area contributed by atoms with Crippen molar-refractivity contribution in [1.29, 1.82) is 5.26 Å². The van der Waals surface area contributed by atoms with Gasteiger partial charge in [-0.05, 0) is 17.7 Å². The molecule has 18 heavy (non-hydrogen) atoms. The lowest BCUT2D eigenvalue weighted by Gasteiger charge is -2.17. The van der Waals surface area contributed by atoms with Gasteiger partial charge in [-0.15, -0.1) is 0 Å². The van der Waals surface area contributed by atoms with Crippen molar-refractivity contribution in [2.75, 3.05) is 18.6 Å². The van der Waals surface area contributed by atoms with Gasteiger partial charge in [0.1, 0.15) is 0 Å². The number of hydrogen-bond acceptors (Lipinski definition) is 3. The van der Waals surface area contributed by atoms with E-state index in [0.29, 0.717) is 18.7 Å². The normalized spacial score (nSPS) is 9.78. The minimum atomic E-state index is 0.140. The number of benzene rings is 1. The maximum absolute atomic E-state index is 11.8.